The van der Waals surface area contributed by atoms with Gasteiger partial charge in [-0.1, -0.05) is 41.4 Å². The van der Waals surface area contributed by atoms with Crippen LogP contribution in [0.1, 0.15) is 50.2 Å². The predicted octanol–water partition coefficient (Wildman–Crippen LogP) is 5.72. The molecular formula is C29H29Cl2NO6. The summed E-state index contributed by atoms with van der Waals surface area (Å²) in [6.45, 7) is 5.45. The minimum Gasteiger partial charge on any atom is -0.497 e. The third-order valence-corrected chi connectivity index (χ3v) is 7.43. The fourth-order valence-electron chi connectivity index (χ4n) is 5.23. The molecule has 2 aromatic rings. The van der Waals surface area contributed by atoms with Crippen molar-refractivity contribution in [3.63, 3.8) is 0 Å². The lowest BCUT2D eigenvalue weighted by Gasteiger charge is -2.39. The number of rotatable bonds is 7. The first-order valence-corrected chi connectivity index (χ1v) is 13.1. The van der Waals surface area contributed by atoms with Crippen LogP contribution in [0.5, 0.6) is 5.75 Å². The SMILES string of the molecule is CCOC(=O)C1=C(C)NC2=C(C(=O)[C@@H](C(=O)OCC)[C@@H](c3ccc(OC)cc3)C2)[C@@H]1c1ccc(Cl)cc1Cl. The lowest BCUT2D eigenvalue weighted by molar-refractivity contribution is -0.152. The van der Waals surface area contributed by atoms with Gasteiger partial charge in [-0.3, -0.25) is 9.59 Å². The van der Waals surface area contributed by atoms with E-state index in [1.165, 1.54) is 0 Å². The fourth-order valence-corrected chi connectivity index (χ4v) is 5.74. The maximum atomic E-state index is 14.3. The van der Waals surface area contributed by atoms with E-state index >= 15 is 0 Å². The summed E-state index contributed by atoms with van der Waals surface area (Å²) < 4.78 is 16.0. The Labute approximate surface area is 231 Å². The van der Waals surface area contributed by atoms with Crippen LogP contribution in [-0.2, 0) is 23.9 Å². The van der Waals surface area contributed by atoms with Gasteiger partial charge in [-0.15, -0.1) is 0 Å². The van der Waals surface area contributed by atoms with Gasteiger partial charge in [-0.2, -0.15) is 0 Å². The second kappa shape index (κ2) is 11.6. The lowest BCUT2D eigenvalue weighted by Crippen LogP contribution is -2.43. The molecule has 38 heavy (non-hydrogen) atoms. The number of ether oxygens (including phenoxy) is 3. The normalized spacial score (nSPS) is 21.0. The molecule has 3 atom stereocenters. The number of esters is 2. The number of Topliss-reactive ketones (excluding diaryl/α,β-unsaturated/α-hetero) is 1. The molecule has 0 radical (unpaired) electrons. The molecule has 1 aliphatic carbocycles. The summed E-state index contributed by atoms with van der Waals surface area (Å²) in [6, 6.07) is 12.2. The van der Waals surface area contributed by atoms with Crippen molar-refractivity contribution < 1.29 is 28.6 Å². The number of carbonyl (C=O) groups excluding carboxylic acids is 3. The zero-order valence-corrected chi connectivity index (χ0v) is 23.1. The van der Waals surface area contributed by atoms with Crippen LogP contribution in [0.15, 0.2) is 65.0 Å². The Morgan fingerprint density at radius 3 is 2.32 bits per heavy atom. The summed E-state index contributed by atoms with van der Waals surface area (Å²) in [5.41, 5.74) is 3.04. The minimum absolute atomic E-state index is 0.127. The van der Waals surface area contributed by atoms with Crippen LogP contribution in [-0.4, -0.2) is 38.0 Å². The molecule has 0 unspecified atom stereocenters. The number of ketones is 1. The van der Waals surface area contributed by atoms with Crippen molar-refractivity contribution in [2.45, 2.75) is 39.0 Å². The fraction of sp³-hybridized carbons (Fsp3) is 0.345. The van der Waals surface area contributed by atoms with Gasteiger partial charge in [-0.05, 0) is 62.6 Å². The van der Waals surface area contributed by atoms with Crippen LogP contribution < -0.4 is 10.1 Å². The molecule has 200 valence electrons. The van der Waals surface area contributed by atoms with Gasteiger partial charge < -0.3 is 19.5 Å². The monoisotopic (exact) mass is 557 g/mol. The van der Waals surface area contributed by atoms with Crippen molar-refractivity contribution in [3.05, 3.63) is 86.2 Å². The zero-order chi connectivity index (χ0) is 27.6. The molecule has 1 heterocycles. The Morgan fingerprint density at radius 1 is 1.03 bits per heavy atom. The highest BCUT2D eigenvalue weighted by Crippen LogP contribution is 2.49. The minimum atomic E-state index is -1.11. The van der Waals surface area contributed by atoms with Crippen molar-refractivity contribution in [1.29, 1.82) is 0 Å². The van der Waals surface area contributed by atoms with E-state index in [1.54, 1.807) is 58.2 Å². The number of methoxy groups -OCH3 is 1. The first-order chi connectivity index (χ1) is 18.2. The maximum absolute atomic E-state index is 14.3. The van der Waals surface area contributed by atoms with Crippen molar-refractivity contribution in [2.75, 3.05) is 20.3 Å². The van der Waals surface area contributed by atoms with Gasteiger partial charge in [0.25, 0.3) is 0 Å². The van der Waals surface area contributed by atoms with Gasteiger partial charge in [0.2, 0.25) is 0 Å². The highest BCUT2D eigenvalue weighted by Gasteiger charge is 2.49. The van der Waals surface area contributed by atoms with Gasteiger partial charge >= 0.3 is 11.9 Å². The molecule has 1 aliphatic heterocycles. The molecule has 0 saturated heterocycles. The maximum Gasteiger partial charge on any atom is 0.336 e. The number of halogens is 2. The number of nitrogens with one attached hydrogen (secondary N) is 1. The number of allylic oxidation sites excluding steroid dienone is 3. The topological polar surface area (TPSA) is 90.9 Å². The molecule has 1 N–H and O–H groups in total. The Morgan fingerprint density at radius 2 is 1.71 bits per heavy atom. The summed E-state index contributed by atoms with van der Waals surface area (Å²) in [7, 11) is 1.57. The second-order valence-electron chi connectivity index (χ2n) is 9.05. The van der Waals surface area contributed by atoms with E-state index in [9.17, 15) is 14.4 Å². The van der Waals surface area contributed by atoms with E-state index in [-0.39, 0.29) is 18.8 Å². The molecule has 2 aliphatic rings. The summed E-state index contributed by atoms with van der Waals surface area (Å²) in [5.74, 6) is -3.40. The average Bonchev–Trinajstić information content (AvgIpc) is 2.88. The first kappa shape index (κ1) is 27.7. The molecule has 7 nitrogen and oxygen atoms in total. The zero-order valence-electron chi connectivity index (χ0n) is 21.6. The molecule has 0 aromatic heterocycles. The summed E-state index contributed by atoms with van der Waals surface area (Å²) in [6.07, 6.45) is 0.339. The van der Waals surface area contributed by atoms with Crippen LogP contribution >= 0.6 is 23.2 Å². The largest absolute Gasteiger partial charge is 0.497 e. The predicted molar refractivity (Wildman–Crippen MR) is 144 cm³/mol. The third kappa shape index (κ3) is 5.18. The van der Waals surface area contributed by atoms with Crippen LogP contribution in [0, 0.1) is 5.92 Å². The Balaban J connectivity index is 1.91. The highest BCUT2D eigenvalue weighted by molar-refractivity contribution is 6.35. The number of benzene rings is 2. The molecule has 0 spiro atoms. The number of hydrogen-bond donors (Lipinski definition) is 1. The first-order valence-electron chi connectivity index (χ1n) is 12.4. The van der Waals surface area contributed by atoms with Crippen molar-refractivity contribution >= 4 is 40.9 Å². The standard InChI is InChI=1S/C29H29Cl2NO6/c1-5-37-28(34)23-15(3)32-22-14-20(16-7-10-18(36-4)11-8-16)25(29(35)38-6-2)27(33)26(22)24(23)19-12-9-17(30)13-21(19)31/h7-13,20,24-25,32H,5-6,14H2,1-4H3/t20-,24-,25+/m1/s1. The van der Waals surface area contributed by atoms with Gasteiger partial charge in [-0.25, -0.2) is 4.79 Å². The van der Waals surface area contributed by atoms with Crippen LogP contribution in [0.2, 0.25) is 10.0 Å². The summed E-state index contributed by atoms with van der Waals surface area (Å²) >= 11 is 12.8. The van der Waals surface area contributed by atoms with Crippen LogP contribution in [0.3, 0.4) is 0 Å². The summed E-state index contributed by atoms with van der Waals surface area (Å²) in [5, 5.41) is 3.99. The van der Waals surface area contributed by atoms with E-state index in [4.69, 9.17) is 37.4 Å². The Bertz CT molecular complexity index is 1330. The molecule has 0 amide bonds. The molecule has 9 heteroatoms. The van der Waals surface area contributed by atoms with Gasteiger partial charge in [0.1, 0.15) is 11.7 Å². The van der Waals surface area contributed by atoms with Crippen LogP contribution in [0.4, 0.5) is 0 Å². The highest BCUT2D eigenvalue weighted by atomic mass is 35.5. The smallest absolute Gasteiger partial charge is 0.336 e. The molecule has 0 fully saturated rings. The van der Waals surface area contributed by atoms with Gasteiger partial charge in [0, 0.05) is 38.8 Å². The Hall–Kier alpha value is -3.29. The molecule has 0 bridgehead atoms. The molecule has 4 rings (SSSR count). The number of carbonyl (C=O) groups is 3. The van der Waals surface area contributed by atoms with E-state index in [0.29, 0.717) is 44.7 Å². The van der Waals surface area contributed by atoms with E-state index in [2.05, 4.69) is 5.32 Å². The molecular weight excluding hydrogens is 529 g/mol. The average molecular weight is 558 g/mol. The third-order valence-electron chi connectivity index (χ3n) is 6.87. The second-order valence-corrected chi connectivity index (χ2v) is 9.90. The van der Waals surface area contributed by atoms with Gasteiger partial charge in [0.15, 0.2) is 5.78 Å². The molecule has 2 aromatic carbocycles. The lowest BCUT2D eigenvalue weighted by atomic mass is 9.67. The number of dihydropyridines is 1. The van der Waals surface area contributed by atoms with E-state index < -0.39 is 35.5 Å². The van der Waals surface area contributed by atoms with Gasteiger partial charge in [0.05, 0.1) is 25.9 Å². The van der Waals surface area contributed by atoms with Crippen LogP contribution in [0.25, 0.3) is 0 Å². The van der Waals surface area contributed by atoms with Crippen molar-refractivity contribution in [1.82, 2.24) is 5.32 Å². The summed E-state index contributed by atoms with van der Waals surface area (Å²) in [4.78, 5) is 40.8. The molecule has 0 saturated carbocycles. The Kier molecular flexibility index (Phi) is 8.48. The quantitative estimate of drug-likeness (QED) is 0.344. The van der Waals surface area contributed by atoms with Crippen molar-refractivity contribution in [2.24, 2.45) is 5.92 Å². The van der Waals surface area contributed by atoms with E-state index in [1.807, 2.05) is 12.1 Å². The van der Waals surface area contributed by atoms with E-state index in [0.717, 1.165) is 5.56 Å². The number of hydrogen-bond acceptors (Lipinski definition) is 7. The van der Waals surface area contributed by atoms with Crippen molar-refractivity contribution in [3.8, 4) is 5.75 Å².